The Balaban J connectivity index is 2.50. The van der Waals surface area contributed by atoms with Crippen LogP contribution < -0.4 is 0 Å². The van der Waals surface area contributed by atoms with Gasteiger partial charge in [0.25, 0.3) is 0 Å². The second-order valence-corrected chi connectivity index (χ2v) is 3.76. The van der Waals surface area contributed by atoms with Gasteiger partial charge in [0.05, 0.1) is 5.69 Å². The minimum absolute atomic E-state index is 0.722. The lowest BCUT2D eigenvalue weighted by molar-refractivity contribution is 0.559. The zero-order valence-corrected chi connectivity index (χ0v) is 9.21. The van der Waals surface area contributed by atoms with E-state index in [-0.39, 0.29) is 0 Å². The largest absolute Gasteiger partial charge is 0.276 e. The van der Waals surface area contributed by atoms with Gasteiger partial charge < -0.3 is 0 Å². The molecule has 1 heterocycles. The van der Waals surface area contributed by atoms with E-state index in [4.69, 9.17) is 0 Å². The Kier molecular flexibility index (Phi) is 3.79. The van der Waals surface area contributed by atoms with Crippen molar-refractivity contribution in [1.82, 2.24) is 9.78 Å². The third-order valence-electron chi connectivity index (χ3n) is 2.06. The van der Waals surface area contributed by atoms with Crippen molar-refractivity contribution in [2.75, 3.05) is 5.33 Å². The molecule has 0 saturated heterocycles. The summed E-state index contributed by atoms with van der Waals surface area (Å²) in [4.78, 5) is 0. The molecule has 0 bridgehead atoms. The molecule has 3 heteroatoms. The van der Waals surface area contributed by atoms with E-state index in [0.29, 0.717) is 0 Å². The van der Waals surface area contributed by atoms with Gasteiger partial charge in [-0.2, -0.15) is 5.10 Å². The van der Waals surface area contributed by atoms with Crippen LogP contribution in [0.25, 0.3) is 0 Å². The van der Waals surface area contributed by atoms with Crippen molar-refractivity contribution in [3.8, 4) is 0 Å². The summed E-state index contributed by atoms with van der Waals surface area (Å²) in [6.07, 6.45) is 4.29. The molecule has 0 aromatic carbocycles. The van der Waals surface area contributed by atoms with Crippen LogP contribution in [0, 0.1) is 5.92 Å². The molecule has 1 unspecified atom stereocenters. The van der Waals surface area contributed by atoms with Gasteiger partial charge in [-0.3, -0.25) is 4.68 Å². The first-order valence-electron chi connectivity index (χ1n) is 4.30. The second kappa shape index (κ2) is 4.65. The van der Waals surface area contributed by atoms with Gasteiger partial charge in [0.2, 0.25) is 0 Å². The highest BCUT2D eigenvalue weighted by atomic mass is 79.9. The normalized spacial score (nSPS) is 13.2. The van der Waals surface area contributed by atoms with Crippen LogP contribution in [0.15, 0.2) is 12.3 Å². The third-order valence-corrected chi connectivity index (χ3v) is 2.98. The van der Waals surface area contributed by atoms with Gasteiger partial charge in [-0.05, 0) is 18.4 Å². The molecule has 0 N–H and O–H groups in total. The number of aromatic nitrogens is 2. The van der Waals surface area contributed by atoms with Crippen LogP contribution in [0.5, 0.6) is 0 Å². The first-order chi connectivity index (χ1) is 5.76. The molecule has 12 heavy (non-hydrogen) atoms. The molecule has 0 amide bonds. The molecule has 0 saturated carbocycles. The van der Waals surface area contributed by atoms with Crippen LogP contribution in [0.3, 0.4) is 0 Å². The first-order valence-corrected chi connectivity index (χ1v) is 5.43. The molecule has 1 atom stereocenters. The number of hydrogen-bond donors (Lipinski definition) is 0. The van der Waals surface area contributed by atoms with Crippen LogP contribution in [0.2, 0.25) is 0 Å². The zero-order chi connectivity index (χ0) is 8.97. The lowest BCUT2D eigenvalue weighted by Crippen LogP contribution is -2.05. The SMILES string of the molecule is CCC(CBr)Cc1ccn(C)n1. The Morgan fingerprint density at radius 1 is 1.67 bits per heavy atom. The second-order valence-electron chi connectivity index (χ2n) is 3.11. The number of nitrogens with zero attached hydrogens (tertiary/aromatic N) is 2. The first kappa shape index (κ1) is 9.78. The number of halogens is 1. The summed E-state index contributed by atoms with van der Waals surface area (Å²) in [5.41, 5.74) is 1.20. The molecule has 0 aliphatic carbocycles. The predicted molar refractivity (Wildman–Crippen MR) is 54.5 cm³/mol. The van der Waals surface area contributed by atoms with E-state index in [2.05, 4.69) is 34.0 Å². The molecule has 1 aromatic heterocycles. The average molecular weight is 231 g/mol. The highest BCUT2D eigenvalue weighted by Crippen LogP contribution is 2.12. The minimum atomic E-state index is 0.722. The Bertz CT molecular complexity index is 228. The maximum atomic E-state index is 4.34. The van der Waals surface area contributed by atoms with Gasteiger partial charge in [0.1, 0.15) is 0 Å². The highest BCUT2D eigenvalue weighted by Gasteiger charge is 2.06. The summed E-state index contributed by atoms with van der Waals surface area (Å²) in [6.45, 7) is 2.22. The third kappa shape index (κ3) is 2.63. The molecule has 2 nitrogen and oxygen atoms in total. The van der Waals surface area contributed by atoms with Crippen molar-refractivity contribution in [2.24, 2.45) is 13.0 Å². The highest BCUT2D eigenvalue weighted by molar-refractivity contribution is 9.09. The van der Waals surface area contributed by atoms with E-state index in [0.717, 1.165) is 17.7 Å². The molecule has 0 aliphatic rings. The van der Waals surface area contributed by atoms with E-state index >= 15 is 0 Å². The number of aryl methyl sites for hydroxylation is 1. The Labute approximate surface area is 82.1 Å². The van der Waals surface area contributed by atoms with Gasteiger partial charge >= 0.3 is 0 Å². The van der Waals surface area contributed by atoms with Gasteiger partial charge in [0, 0.05) is 18.6 Å². The lowest BCUT2D eigenvalue weighted by Gasteiger charge is -2.07. The van der Waals surface area contributed by atoms with E-state index < -0.39 is 0 Å². The van der Waals surface area contributed by atoms with Crippen LogP contribution in [-0.4, -0.2) is 15.1 Å². The molecule has 1 rings (SSSR count). The lowest BCUT2D eigenvalue weighted by atomic mass is 10.0. The Hall–Kier alpha value is -0.310. The fraction of sp³-hybridized carbons (Fsp3) is 0.667. The maximum absolute atomic E-state index is 4.34. The van der Waals surface area contributed by atoms with E-state index in [1.807, 2.05) is 17.9 Å². The fourth-order valence-electron chi connectivity index (χ4n) is 1.18. The minimum Gasteiger partial charge on any atom is -0.276 e. The summed E-state index contributed by atoms with van der Waals surface area (Å²) < 4.78 is 1.86. The van der Waals surface area contributed by atoms with Gasteiger partial charge in [-0.15, -0.1) is 0 Å². The molecule has 0 spiro atoms. The number of alkyl halides is 1. The van der Waals surface area contributed by atoms with Crippen LogP contribution in [0.1, 0.15) is 19.0 Å². The summed E-state index contributed by atoms with van der Waals surface area (Å²) in [5, 5.41) is 5.41. The number of hydrogen-bond acceptors (Lipinski definition) is 1. The van der Waals surface area contributed by atoms with E-state index in [9.17, 15) is 0 Å². The van der Waals surface area contributed by atoms with Crippen molar-refractivity contribution in [3.63, 3.8) is 0 Å². The molecular weight excluding hydrogens is 216 g/mol. The van der Waals surface area contributed by atoms with Crippen LogP contribution in [-0.2, 0) is 13.5 Å². The molecular formula is C9H15BrN2. The van der Waals surface area contributed by atoms with E-state index in [1.165, 1.54) is 12.1 Å². The monoisotopic (exact) mass is 230 g/mol. The Morgan fingerprint density at radius 3 is 2.83 bits per heavy atom. The quantitative estimate of drug-likeness (QED) is 0.727. The van der Waals surface area contributed by atoms with Crippen LogP contribution >= 0.6 is 15.9 Å². The molecule has 1 aromatic rings. The molecule has 0 aliphatic heterocycles. The standard InChI is InChI=1S/C9H15BrN2/c1-3-8(7-10)6-9-4-5-12(2)11-9/h4-5,8H,3,6-7H2,1-2H3. The summed E-state index contributed by atoms with van der Waals surface area (Å²) in [6, 6.07) is 2.09. The average Bonchev–Trinajstić information content (AvgIpc) is 2.47. The predicted octanol–water partition coefficient (Wildman–Crippen LogP) is 2.38. The topological polar surface area (TPSA) is 17.8 Å². The van der Waals surface area contributed by atoms with Gasteiger partial charge in [-0.1, -0.05) is 29.3 Å². The van der Waals surface area contributed by atoms with Gasteiger partial charge in [0.15, 0.2) is 0 Å². The molecule has 68 valence electrons. The number of rotatable bonds is 4. The fourth-order valence-corrected chi connectivity index (χ4v) is 1.86. The van der Waals surface area contributed by atoms with Gasteiger partial charge in [-0.25, -0.2) is 0 Å². The van der Waals surface area contributed by atoms with Crippen LogP contribution in [0.4, 0.5) is 0 Å². The Morgan fingerprint density at radius 2 is 2.42 bits per heavy atom. The van der Waals surface area contributed by atoms with E-state index in [1.54, 1.807) is 0 Å². The van der Waals surface area contributed by atoms with Crippen molar-refractivity contribution in [1.29, 1.82) is 0 Å². The summed E-state index contributed by atoms with van der Waals surface area (Å²) in [7, 11) is 1.96. The summed E-state index contributed by atoms with van der Waals surface area (Å²) in [5.74, 6) is 0.722. The smallest absolute Gasteiger partial charge is 0.0627 e. The van der Waals surface area contributed by atoms with Crippen molar-refractivity contribution < 1.29 is 0 Å². The molecule has 0 fully saturated rings. The van der Waals surface area contributed by atoms with Crippen molar-refractivity contribution in [3.05, 3.63) is 18.0 Å². The maximum Gasteiger partial charge on any atom is 0.0627 e. The van der Waals surface area contributed by atoms with Crippen molar-refractivity contribution in [2.45, 2.75) is 19.8 Å². The zero-order valence-electron chi connectivity index (χ0n) is 7.63. The molecule has 0 radical (unpaired) electrons. The van der Waals surface area contributed by atoms with Crippen molar-refractivity contribution >= 4 is 15.9 Å². The summed E-state index contributed by atoms with van der Waals surface area (Å²) >= 11 is 3.51.